The van der Waals surface area contributed by atoms with Crippen molar-refractivity contribution in [2.45, 2.75) is 19.3 Å². The van der Waals surface area contributed by atoms with Crippen molar-refractivity contribution in [1.82, 2.24) is 9.55 Å². The number of para-hydroxylation sites is 1. The predicted molar refractivity (Wildman–Crippen MR) is 235 cm³/mol. The molecule has 0 amide bonds. The van der Waals surface area contributed by atoms with Crippen LogP contribution in [0, 0.1) is 11.3 Å². The molecular formula is C53H36N4. The molecule has 11 rings (SSSR count). The molecule has 2 heterocycles. The Morgan fingerprint density at radius 3 is 1.98 bits per heavy atom. The summed E-state index contributed by atoms with van der Waals surface area (Å²) in [6.45, 7) is 4.71. The number of benzene rings is 8. The molecule has 57 heavy (non-hydrogen) atoms. The van der Waals surface area contributed by atoms with Crippen LogP contribution in [-0.4, -0.2) is 9.55 Å². The highest BCUT2D eigenvalue weighted by Gasteiger charge is 2.36. The standard InChI is InChI=1S/C53H36N4/c1-53(2)47-30-37(43-27-28-50-52-46(43)25-17-36-8-6-12-49(51(36)52)57(50)39-10-4-3-5-11-39)18-24-44(47)45-26-23-42(31-48(45)53)56(40-19-13-34(32-54)14-20-40)41-21-15-35(16-22-41)38-9-7-29-55-33-38/h3-31,33H,1-2H3. The zero-order chi connectivity index (χ0) is 38.3. The maximum Gasteiger partial charge on any atom is 0.0991 e. The van der Waals surface area contributed by atoms with E-state index in [1.165, 1.54) is 71.6 Å². The summed E-state index contributed by atoms with van der Waals surface area (Å²) in [6.07, 6.45) is 3.69. The fraction of sp³-hybridized carbons (Fsp3) is 0.0566. The molecule has 0 radical (unpaired) electrons. The number of nitrogens with zero attached hydrogens (tertiary/aromatic N) is 4. The van der Waals surface area contributed by atoms with Gasteiger partial charge in [-0.1, -0.05) is 98.8 Å². The van der Waals surface area contributed by atoms with Crippen molar-refractivity contribution in [3.05, 3.63) is 199 Å². The molecule has 0 aliphatic heterocycles. The normalized spacial score (nSPS) is 12.9. The van der Waals surface area contributed by atoms with Gasteiger partial charge in [0, 0.05) is 51.3 Å². The van der Waals surface area contributed by atoms with E-state index >= 15 is 0 Å². The van der Waals surface area contributed by atoms with E-state index in [1.54, 1.807) is 6.20 Å². The second-order valence-corrected chi connectivity index (χ2v) is 15.6. The second kappa shape index (κ2) is 12.5. The molecule has 0 unspecified atom stereocenters. The van der Waals surface area contributed by atoms with Crippen LogP contribution in [0.15, 0.2) is 182 Å². The van der Waals surface area contributed by atoms with Gasteiger partial charge in [0.2, 0.25) is 0 Å². The number of anilines is 3. The van der Waals surface area contributed by atoms with Gasteiger partial charge in [-0.15, -0.1) is 0 Å². The summed E-state index contributed by atoms with van der Waals surface area (Å²) in [5, 5.41) is 14.7. The van der Waals surface area contributed by atoms with Crippen molar-refractivity contribution in [3.63, 3.8) is 0 Å². The molecule has 268 valence electrons. The van der Waals surface area contributed by atoms with Crippen molar-refractivity contribution < 1.29 is 0 Å². The van der Waals surface area contributed by atoms with Crippen molar-refractivity contribution in [1.29, 1.82) is 5.26 Å². The van der Waals surface area contributed by atoms with Crippen LogP contribution in [-0.2, 0) is 5.41 Å². The zero-order valence-electron chi connectivity index (χ0n) is 31.6. The Morgan fingerprint density at radius 1 is 0.544 bits per heavy atom. The van der Waals surface area contributed by atoms with Crippen molar-refractivity contribution in [2.75, 3.05) is 4.90 Å². The molecule has 0 N–H and O–H groups in total. The number of pyridine rings is 1. The zero-order valence-corrected chi connectivity index (χ0v) is 31.6. The van der Waals surface area contributed by atoms with Gasteiger partial charge in [0.05, 0.1) is 22.7 Å². The lowest BCUT2D eigenvalue weighted by Crippen LogP contribution is -2.16. The molecule has 2 aromatic heterocycles. The number of fused-ring (bicyclic) bond motifs is 3. The van der Waals surface area contributed by atoms with Crippen LogP contribution in [0.2, 0.25) is 0 Å². The maximum atomic E-state index is 9.57. The first-order chi connectivity index (χ1) is 28.0. The highest BCUT2D eigenvalue weighted by Crippen LogP contribution is 2.52. The largest absolute Gasteiger partial charge is 0.310 e. The topological polar surface area (TPSA) is 44.9 Å². The Kier molecular flexibility index (Phi) is 7.23. The molecule has 0 fully saturated rings. The van der Waals surface area contributed by atoms with E-state index in [1.807, 2.05) is 36.5 Å². The van der Waals surface area contributed by atoms with E-state index in [2.05, 4.69) is 174 Å². The van der Waals surface area contributed by atoms with Crippen LogP contribution in [0.5, 0.6) is 0 Å². The average molecular weight is 729 g/mol. The van der Waals surface area contributed by atoms with E-state index in [4.69, 9.17) is 0 Å². The van der Waals surface area contributed by atoms with Crippen LogP contribution in [0.1, 0.15) is 30.5 Å². The smallest absolute Gasteiger partial charge is 0.0991 e. The minimum atomic E-state index is -0.245. The number of hydrogen-bond donors (Lipinski definition) is 0. The Labute approximate surface area is 331 Å². The summed E-state index contributed by atoms with van der Waals surface area (Å²) in [6, 6.07) is 63.3. The third-order valence-corrected chi connectivity index (χ3v) is 12.1. The van der Waals surface area contributed by atoms with Crippen LogP contribution < -0.4 is 4.90 Å². The van der Waals surface area contributed by atoms with E-state index in [9.17, 15) is 5.26 Å². The predicted octanol–water partition coefficient (Wildman–Crippen LogP) is 13.8. The summed E-state index contributed by atoms with van der Waals surface area (Å²) >= 11 is 0. The minimum absolute atomic E-state index is 0.245. The molecule has 0 saturated heterocycles. The summed E-state index contributed by atoms with van der Waals surface area (Å²) in [4.78, 5) is 6.60. The first-order valence-electron chi connectivity index (χ1n) is 19.4. The average Bonchev–Trinajstić information content (AvgIpc) is 3.73. The van der Waals surface area contributed by atoms with Crippen molar-refractivity contribution in [3.8, 4) is 45.1 Å². The van der Waals surface area contributed by atoms with Gasteiger partial charge < -0.3 is 9.47 Å². The van der Waals surface area contributed by atoms with Crippen molar-refractivity contribution >= 4 is 49.6 Å². The fourth-order valence-electron chi connectivity index (χ4n) is 9.30. The lowest BCUT2D eigenvalue weighted by atomic mass is 9.81. The SMILES string of the molecule is CC1(C)c2cc(-c3ccc4c5c3ccc3cccc(c35)n4-c3ccccc3)ccc2-c2ccc(N(c3ccc(C#N)cc3)c3ccc(-c4cccnc4)cc3)cc21. The summed E-state index contributed by atoms with van der Waals surface area (Å²) in [5.74, 6) is 0. The van der Waals surface area contributed by atoms with Gasteiger partial charge in [0.15, 0.2) is 0 Å². The van der Waals surface area contributed by atoms with Gasteiger partial charge in [0.1, 0.15) is 0 Å². The Morgan fingerprint density at radius 2 is 1.23 bits per heavy atom. The number of nitriles is 1. The van der Waals surface area contributed by atoms with E-state index in [0.29, 0.717) is 5.56 Å². The summed E-state index contributed by atoms with van der Waals surface area (Å²) in [5.41, 5.74) is 17.0. The minimum Gasteiger partial charge on any atom is -0.310 e. The van der Waals surface area contributed by atoms with Crippen molar-refractivity contribution in [2.24, 2.45) is 0 Å². The molecule has 0 atom stereocenters. The molecule has 4 heteroatoms. The molecule has 0 bridgehead atoms. The monoisotopic (exact) mass is 728 g/mol. The first kappa shape index (κ1) is 32.9. The van der Waals surface area contributed by atoms with Crippen LogP contribution in [0.25, 0.3) is 71.6 Å². The van der Waals surface area contributed by atoms with E-state index < -0.39 is 0 Å². The fourth-order valence-corrected chi connectivity index (χ4v) is 9.30. The quantitative estimate of drug-likeness (QED) is 0.160. The lowest BCUT2D eigenvalue weighted by Gasteiger charge is -2.28. The van der Waals surface area contributed by atoms with Crippen LogP contribution in [0.4, 0.5) is 17.1 Å². The highest BCUT2D eigenvalue weighted by molar-refractivity contribution is 6.26. The van der Waals surface area contributed by atoms with Gasteiger partial charge in [0.25, 0.3) is 0 Å². The molecule has 8 aromatic carbocycles. The number of hydrogen-bond acceptors (Lipinski definition) is 3. The van der Waals surface area contributed by atoms with Crippen LogP contribution >= 0.6 is 0 Å². The second-order valence-electron chi connectivity index (χ2n) is 15.6. The molecule has 0 spiro atoms. The number of rotatable bonds is 6. The van der Waals surface area contributed by atoms with Gasteiger partial charge in [-0.3, -0.25) is 4.98 Å². The summed E-state index contributed by atoms with van der Waals surface area (Å²) < 4.78 is 2.41. The highest BCUT2D eigenvalue weighted by atomic mass is 15.1. The Balaban J connectivity index is 1.02. The Bertz CT molecular complexity index is 3190. The molecular weight excluding hydrogens is 693 g/mol. The molecule has 1 aliphatic rings. The molecule has 10 aromatic rings. The van der Waals surface area contributed by atoms with E-state index in [-0.39, 0.29) is 5.41 Å². The lowest BCUT2D eigenvalue weighted by molar-refractivity contribution is 0.660. The van der Waals surface area contributed by atoms with Gasteiger partial charge in [-0.2, -0.15) is 5.26 Å². The third-order valence-electron chi connectivity index (χ3n) is 12.1. The molecule has 0 saturated carbocycles. The van der Waals surface area contributed by atoms with E-state index in [0.717, 1.165) is 28.2 Å². The van der Waals surface area contributed by atoms with Gasteiger partial charge >= 0.3 is 0 Å². The third kappa shape index (κ3) is 5.03. The first-order valence-corrected chi connectivity index (χ1v) is 19.4. The molecule has 1 aliphatic carbocycles. The Hall–Kier alpha value is -7.48. The van der Waals surface area contributed by atoms with Gasteiger partial charge in [-0.05, 0) is 140 Å². The summed E-state index contributed by atoms with van der Waals surface area (Å²) in [7, 11) is 0. The molecule has 4 nitrogen and oxygen atoms in total. The van der Waals surface area contributed by atoms with Crippen LogP contribution in [0.3, 0.4) is 0 Å². The van der Waals surface area contributed by atoms with Gasteiger partial charge in [-0.25, -0.2) is 0 Å². The number of aromatic nitrogens is 2. The maximum absolute atomic E-state index is 9.57.